The molecule has 0 spiro atoms. The smallest absolute Gasteiger partial charge is 0.208 e. The third kappa shape index (κ3) is 2.88. The molecule has 0 saturated carbocycles. The molecule has 0 saturated heterocycles. The maximum Gasteiger partial charge on any atom is 0.208 e. The molecule has 0 heterocycles. The van der Waals surface area contributed by atoms with Crippen LogP contribution in [-0.4, -0.2) is 18.6 Å². The van der Waals surface area contributed by atoms with E-state index >= 15 is 0 Å². The third-order valence-electron chi connectivity index (χ3n) is 1.81. The van der Waals surface area contributed by atoms with Crippen molar-refractivity contribution >= 4 is 11.6 Å². The molecule has 76 valence electrons. The average Bonchev–Trinajstić information content (AvgIpc) is 2.15. The molecule has 5 heteroatoms. The van der Waals surface area contributed by atoms with Crippen molar-refractivity contribution in [2.45, 2.75) is 6.42 Å². The summed E-state index contributed by atoms with van der Waals surface area (Å²) in [6.07, 6.45) is 0.330. The number of ether oxygens (including phenoxy) is 1. The average molecular weight is 216 g/mol. The van der Waals surface area contributed by atoms with Gasteiger partial charge in [0, 0.05) is 21.9 Å². The Bertz CT molecular complexity index is 341. The minimum atomic E-state index is -0.361. The number of rotatable bonds is 4. The van der Waals surface area contributed by atoms with Crippen molar-refractivity contribution in [3.8, 4) is 5.75 Å². The summed E-state index contributed by atoms with van der Waals surface area (Å²) in [6.45, 7) is -0.114. The van der Waals surface area contributed by atoms with Crippen molar-refractivity contribution < 1.29 is 9.66 Å². The van der Waals surface area contributed by atoms with Crippen molar-refractivity contribution in [2.24, 2.45) is 0 Å². The summed E-state index contributed by atoms with van der Waals surface area (Å²) in [5.74, 6) is 0.635. The van der Waals surface area contributed by atoms with Crippen LogP contribution in [0.15, 0.2) is 18.2 Å². The molecule has 0 radical (unpaired) electrons. The van der Waals surface area contributed by atoms with E-state index in [2.05, 4.69) is 0 Å². The molecule has 0 atom stereocenters. The van der Waals surface area contributed by atoms with Crippen molar-refractivity contribution in [3.05, 3.63) is 38.9 Å². The lowest BCUT2D eigenvalue weighted by Gasteiger charge is -2.06. The van der Waals surface area contributed by atoms with Gasteiger partial charge in [-0.3, -0.25) is 10.1 Å². The van der Waals surface area contributed by atoms with E-state index in [0.29, 0.717) is 17.2 Å². The molecule has 0 aliphatic carbocycles. The fraction of sp³-hybridized carbons (Fsp3) is 0.333. The van der Waals surface area contributed by atoms with E-state index in [1.54, 1.807) is 18.2 Å². The van der Waals surface area contributed by atoms with Crippen LogP contribution in [0.2, 0.25) is 5.02 Å². The molecule has 14 heavy (non-hydrogen) atoms. The number of nitrogens with zero attached hydrogens (tertiary/aromatic N) is 1. The summed E-state index contributed by atoms with van der Waals surface area (Å²) in [4.78, 5) is 9.83. The van der Waals surface area contributed by atoms with Gasteiger partial charge in [0.05, 0.1) is 7.11 Å². The van der Waals surface area contributed by atoms with Crippen LogP contribution in [0.4, 0.5) is 0 Å². The van der Waals surface area contributed by atoms with Crippen LogP contribution < -0.4 is 4.74 Å². The number of hydrogen-bond donors (Lipinski definition) is 0. The van der Waals surface area contributed by atoms with E-state index in [-0.39, 0.29) is 11.5 Å². The van der Waals surface area contributed by atoms with Gasteiger partial charge >= 0.3 is 0 Å². The van der Waals surface area contributed by atoms with E-state index in [1.807, 2.05) is 0 Å². The Morgan fingerprint density at radius 2 is 2.29 bits per heavy atom. The van der Waals surface area contributed by atoms with Crippen LogP contribution in [0, 0.1) is 10.1 Å². The van der Waals surface area contributed by atoms with Gasteiger partial charge in [-0.1, -0.05) is 11.6 Å². The topological polar surface area (TPSA) is 52.4 Å². The summed E-state index contributed by atoms with van der Waals surface area (Å²) in [5.41, 5.74) is 0.761. The second-order valence-corrected chi connectivity index (χ2v) is 3.20. The van der Waals surface area contributed by atoms with E-state index < -0.39 is 0 Å². The quantitative estimate of drug-likeness (QED) is 0.571. The van der Waals surface area contributed by atoms with Crippen LogP contribution in [0.5, 0.6) is 5.75 Å². The van der Waals surface area contributed by atoms with E-state index in [0.717, 1.165) is 5.56 Å². The first-order valence-corrected chi connectivity index (χ1v) is 4.45. The van der Waals surface area contributed by atoms with Crippen molar-refractivity contribution in [3.63, 3.8) is 0 Å². The maximum absolute atomic E-state index is 10.2. The highest BCUT2D eigenvalue weighted by Crippen LogP contribution is 2.22. The first-order chi connectivity index (χ1) is 6.63. The minimum Gasteiger partial charge on any atom is -0.496 e. The predicted octanol–water partition coefficient (Wildman–Crippen LogP) is 2.17. The van der Waals surface area contributed by atoms with Crippen molar-refractivity contribution in [2.75, 3.05) is 13.7 Å². The lowest BCUT2D eigenvalue weighted by atomic mass is 10.1. The molecule has 0 bridgehead atoms. The summed E-state index contributed by atoms with van der Waals surface area (Å²) >= 11 is 5.76. The Kier molecular flexibility index (Phi) is 3.71. The first kappa shape index (κ1) is 10.8. The maximum atomic E-state index is 10.2. The van der Waals surface area contributed by atoms with E-state index in [9.17, 15) is 10.1 Å². The second-order valence-electron chi connectivity index (χ2n) is 2.76. The zero-order valence-electron chi connectivity index (χ0n) is 7.70. The van der Waals surface area contributed by atoms with Crippen molar-refractivity contribution in [1.82, 2.24) is 0 Å². The van der Waals surface area contributed by atoms with E-state index in [4.69, 9.17) is 16.3 Å². The molecular weight excluding hydrogens is 206 g/mol. The number of methoxy groups -OCH3 is 1. The summed E-state index contributed by atoms with van der Waals surface area (Å²) in [7, 11) is 1.53. The molecule has 0 unspecified atom stereocenters. The fourth-order valence-electron chi connectivity index (χ4n) is 1.15. The molecule has 0 amide bonds. The number of hydrogen-bond acceptors (Lipinski definition) is 3. The Hall–Kier alpha value is -1.29. The highest BCUT2D eigenvalue weighted by molar-refractivity contribution is 6.30. The Morgan fingerprint density at radius 1 is 1.57 bits per heavy atom. The lowest BCUT2D eigenvalue weighted by molar-refractivity contribution is -0.479. The van der Waals surface area contributed by atoms with Gasteiger partial charge in [-0.15, -0.1) is 0 Å². The third-order valence-corrected chi connectivity index (χ3v) is 2.04. The van der Waals surface area contributed by atoms with Gasteiger partial charge in [0.2, 0.25) is 6.54 Å². The Morgan fingerprint density at radius 3 is 2.86 bits per heavy atom. The summed E-state index contributed by atoms with van der Waals surface area (Å²) in [6, 6.07) is 5.08. The van der Waals surface area contributed by atoms with E-state index in [1.165, 1.54) is 7.11 Å². The Balaban J connectivity index is 2.82. The monoisotopic (exact) mass is 215 g/mol. The summed E-state index contributed by atoms with van der Waals surface area (Å²) < 4.78 is 5.05. The molecular formula is C9H10ClNO3. The number of nitro groups is 1. The van der Waals surface area contributed by atoms with Gasteiger partial charge in [0.15, 0.2) is 0 Å². The number of benzene rings is 1. The van der Waals surface area contributed by atoms with Crippen molar-refractivity contribution in [1.29, 1.82) is 0 Å². The molecule has 0 fully saturated rings. The van der Waals surface area contributed by atoms with Gasteiger partial charge in [-0.2, -0.15) is 0 Å². The SMILES string of the molecule is COc1ccc(Cl)cc1CC[N+](=O)[O-]. The molecule has 0 aromatic heterocycles. The summed E-state index contributed by atoms with van der Waals surface area (Å²) in [5, 5.41) is 10.7. The predicted molar refractivity (Wildman–Crippen MR) is 53.6 cm³/mol. The number of halogens is 1. The van der Waals surface area contributed by atoms with Gasteiger partial charge in [-0.05, 0) is 18.2 Å². The normalized spacial score (nSPS) is 9.86. The molecule has 0 aliphatic rings. The van der Waals surface area contributed by atoms with Gasteiger partial charge in [0.1, 0.15) is 5.75 Å². The zero-order valence-corrected chi connectivity index (χ0v) is 8.45. The molecule has 1 rings (SSSR count). The lowest BCUT2D eigenvalue weighted by Crippen LogP contribution is -2.05. The molecule has 1 aromatic carbocycles. The van der Waals surface area contributed by atoms with Gasteiger partial charge in [0.25, 0.3) is 0 Å². The zero-order chi connectivity index (χ0) is 10.6. The fourth-order valence-corrected chi connectivity index (χ4v) is 1.35. The first-order valence-electron chi connectivity index (χ1n) is 4.07. The van der Waals surface area contributed by atoms with Crippen LogP contribution in [0.1, 0.15) is 5.56 Å². The Labute approximate surface area is 86.6 Å². The highest BCUT2D eigenvalue weighted by atomic mass is 35.5. The van der Waals surface area contributed by atoms with Crippen LogP contribution in [0.3, 0.4) is 0 Å². The largest absolute Gasteiger partial charge is 0.496 e. The second kappa shape index (κ2) is 4.81. The van der Waals surface area contributed by atoms with Crippen LogP contribution in [0.25, 0.3) is 0 Å². The molecule has 1 aromatic rings. The van der Waals surface area contributed by atoms with Crippen LogP contribution >= 0.6 is 11.6 Å². The molecule has 0 aliphatic heterocycles. The minimum absolute atomic E-state index is 0.114. The molecule has 4 nitrogen and oxygen atoms in total. The standard InChI is InChI=1S/C9H10ClNO3/c1-14-9-3-2-8(10)6-7(9)4-5-11(12)13/h2-3,6H,4-5H2,1H3. The highest BCUT2D eigenvalue weighted by Gasteiger charge is 2.06. The molecule has 0 N–H and O–H groups in total. The van der Waals surface area contributed by atoms with Gasteiger partial charge < -0.3 is 4.74 Å². The van der Waals surface area contributed by atoms with Gasteiger partial charge in [-0.25, -0.2) is 0 Å². The van der Waals surface area contributed by atoms with Crippen LogP contribution in [-0.2, 0) is 6.42 Å².